The number of likely N-dealkylation sites (tertiary alicyclic amines) is 1. The molecule has 9 rings (SSSR count). The third-order valence-corrected chi connectivity index (χ3v) is 22.5. The fourth-order valence-electron chi connectivity index (χ4n) is 13.7. The number of piperazine rings is 1. The zero-order valence-corrected chi connectivity index (χ0v) is 60.7. The smallest absolute Gasteiger partial charge is 0.385 e. The topological polar surface area (TPSA) is 207 Å². The van der Waals surface area contributed by atoms with Gasteiger partial charge in [-0.3, -0.25) is 49.1 Å². The first-order chi connectivity index (χ1) is 47.3. The van der Waals surface area contributed by atoms with Gasteiger partial charge in [0.05, 0.1) is 23.8 Å². The summed E-state index contributed by atoms with van der Waals surface area (Å²) in [5.41, 5.74) is 3.45. The largest absolute Gasteiger partial charge is 0.501 e. The molecule has 17 nitrogen and oxygen atoms in total. The SMILES string of the molecule is CC.Cc1c(NCCCCCCCC(=O)N2CCC3(CCC(c4ccc(Cl)cc4)=C(CN4CCN(C5=CC=C(Cc6ccc(NC(CCN7CCOCC7)CSc7ccccc7)c(S(=O)(=O)C(F)(F)F)c6)CC5)CC4)C3)CC2)cccc1C(=O)N(C=O)C(C)CCC(=O)NC=O.NS. The second-order valence-electron chi connectivity index (χ2n) is 25.9. The van der Waals surface area contributed by atoms with Crippen molar-refractivity contribution in [3.05, 3.63) is 147 Å². The summed E-state index contributed by atoms with van der Waals surface area (Å²) in [7, 11) is -5.68. The van der Waals surface area contributed by atoms with Crippen LogP contribution in [-0.2, 0) is 40.2 Å². The number of amides is 5. The van der Waals surface area contributed by atoms with Crippen molar-refractivity contribution in [1.82, 2.24) is 29.8 Å². The number of piperidine rings is 1. The van der Waals surface area contributed by atoms with Gasteiger partial charge in [0.15, 0.2) is 0 Å². The third kappa shape index (κ3) is 22.9. The van der Waals surface area contributed by atoms with Crippen LogP contribution in [0.15, 0.2) is 130 Å². The second kappa shape index (κ2) is 39.7. The Morgan fingerprint density at radius 3 is 2.17 bits per heavy atom. The van der Waals surface area contributed by atoms with Gasteiger partial charge in [-0.25, -0.2) is 8.42 Å². The maximum Gasteiger partial charge on any atom is 0.501 e. The minimum atomic E-state index is -5.68. The minimum absolute atomic E-state index is 0.000346. The number of rotatable bonds is 31. The number of nitrogens with one attached hydrogen (secondary N) is 3. The highest BCUT2D eigenvalue weighted by molar-refractivity contribution is 7.99. The molecule has 5 amide bonds. The maximum atomic E-state index is 14.4. The number of sulfone groups is 1. The van der Waals surface area contributed by atoms with Crippen molar-refractivity contribution in [2.24, 2.45) is 10.6 Å². The number of carbonyl (C=O) groups is 5. The van der Waals surface area contributed by atoms with Crippen molar-refractivity contribution in [2.75, 3.05) is 102 Å². The predicted octanol–water partition coefficient (Wildman–Crippen LogP) is 13.6. The van der Waals surface area contributed by atoms with E-state index in [9.17, 15) is 45.6 Å². The number of thiol groups is 1. The monoisotopic (exact) mass is 1430 g/mol. The molecule has 3 heterocycles. The van der Waals surface area contributed by atoms with Gasteiger partial charge in [-0.2, -0.15) is 13.2 Å². The highest BCUT2D eigenvalue weighted by atomic mass is 35.5. The van der Waals surface area contributed by atoms with Gasteiger partial charge < -0.3 is 25.2 Å². The number of carbonyl (C=O) groups excluding carboxylic acids is 5. The molecule has 3 aliphatic heterocycles. The number of hydrogen-bond donors (Lipinski definition) is 5. The zero-order valence-electron chi connectivity index (χ0n) is 57.4. The summed E-state index contributed by atoms with van der Waals surface area (Å²) < 4.78 is 75.4. The highest BCUT2D eigenvalue weighted by Gasteiger charge is 2.48. The van der Waals surface area contributed by atoms with Gasteiger partial charge in [-0.1, -0.05) is 104 Å². The molecular weight excluding hydrogens is 1330 g/mol. The van der Waals surface area contributed by atoms with Crippen molar-refractivity contribution < 1.29 is 50.3 Å². The number of benzene rings is 4. The molecule has 0 aromatic heterocycles. The van der Waals surface area contributed by atoms with Crippen LogP contribution in [0.25, 0.3) is 5.57 Å². The molecule has 2 unspecified atom stereocenters. The Kier molecular flexibility index (Phi) is 32.1. The Hall–Kier alpha value is -6.18. The van der Waals surface area contributed by atoms with Gasteiger partial charge in [0, 0.05) is 130 Å². The summed E-state index contributed by atoms with van der Waals surface area (Å²) in [4.78, 5) is 72.1. The van der Waals surface area contributed by atoms with E-state index in [1.54, 1.807) is 36.9 Å². The van der Waals surface area contributed by atoms with Crippen LogP contribution < -0.4 is 21.1 Å². The van der Waals surface area contributed by atoms with Crippen LogP contribution >= 0.6 is 36.2 Å². The average molecular weight is 1430 g/mol. The van der Waals surface area contributed by atoms with E-state index in [0.29, 0.717) is 86.7 Å². The fraction of sp³-hybridized carbons (Fsp3) is 0.527. The quantitative estimate of drug-likeness (QED) is 0.0137. The van der Waals surface area contributed by atoms with Crippen molar-refractivity contribution in [3.63, 3.8) is 0 Å². The van der Waals surface area contributed by atoms with E-state index in [2.05, 4.69) is 77.8 Å². The summed E-state index contributed by atoms with van der Waals surface area (Å²) in [5.74, 6) is -0.156. The van der Waals surface area contributed by atoms with Gasteiger partial charge in [-0.15, -0.1) is 24.6 Å². The van der Waals surface area contributed by atoms with Gasteiger partial charge in [0.25, 0.3) is 15.7 Å². The molecule has 2 aliphatic carbocycles. The molecule has 0 bridgehead atoms. The molecular formula is C74H101ClF3N9O8S3. The summed E-state index contributed by atoms with van der Waals surface area (Å²) in [6.07, 6.45) is 17.9. The number of unbranched alkanes of at least 4 members (excludes halogenated alkanes) is 4. The molecule has 5 aliphatic rings. The Labute approximate surface area is 593 Å². The Morgan fingerprint density at radius 1 is 0.796 bits per heavy atom. The van der Waals surface area contributed by atoms with E-state index in [4.69, 9.17) is 16.3 Å². The number of hydrogen-bond acceptors (Lipinski definition) is 16. The lowest BCUT2D eigenvalue weighted by atomic mass is 9.65. The highest BCUT2D eigenvalue weighted by Crippen LogP contribution is 2.49. The minimum Gasteiger partial charge on any atom is -0.385 e. The molecule has 3 saturated heterocycles. The third-order valence-electron chi connectivity index (χ3n) is 19.5. The number of ether oxygens (including phenoxy) is 1. The number of anilines is 2. The van der Waals surface area contributed by atoms with Gasteiger partial charge in [0.2, 0.25) is 24.6 Å². The van der Waals surface area contributed by atoms with E-state index in [1.807, 2.05) is 69.3 Å². The first kappa shape index (κ1) is 79.1. The number of nitrogens with two attached hydrogens (primary N) is 1. The molecule has 1 spiro atoms. The molecule has 24 heteroatoms. The summed E-state index contributed by atoms with van der Waals surface area (Å²) >= 11 is 11.0. The molecule has 0 saturated carbocycles. The summed E-state index contributed by atoms with van der Waals surface area (Å²) in [6.45, 7) is 17.6. The van der Waals surface area contributed by atoms with Crippen LogP contribution in [0.1, 0.15) is 151 Å². The number of alkyl halides is 3. The molecule has 3 fully saturated rings. The number of nitrogens with zero attached hydrogens (tertiary/aromatic N) is 5. The fourth-order valence-corrected chi connectivity index (χ4v) is 15.8. The first-order valence-electron chi connectivity index (χ1n) is 34.7. The predicted molar refractivity (Wildman–Crippen MR) is 391 cm³/mol. The zero-order chi connectivity index (χ0) is 70.7. The van der Waals surface area contributed by atoms with Crippen LogP contribution in [0.5, 0.6) is 0 Å². The average Bonchev–Trinajstić information content (AvgIpc) is 0.782. The van der Waals surface area contributed by atoms with Gasteiger partial charge >= 0.3 is 5.51 Å². The molecule has 4 aromatic carbocycles. The lowest BCUT2D eigenvalue weighted by Gasteiger charge is -2.46. The van der Waals surface area contributed by atoms with Crippen molar-refractivity contribution in [3.8, 4) is 0 Å². The maximum absolute atomic E-state index is 14.4. The molecule has 0 radical (unpaired) electrons. The van der Waals surface area contributed by atoms with Crippen LogP contribution in [0.2, 0.25) is 5.02 Å². The van der Waals surface area contributed by atoms with Gasteiger partial charge in [0.1, 0.15) is 0 Å². The number of halogens is 4. The second-order valence-corrected chi connectivity index (χ2v) is 29.3. The normalized spacial score (nSPS) is 17.4. The lowest BCUT2D eigenvalue weighted by Crippen LogP contribution is -2.47. The Balaban J connectivity index is 0.00000332. The van der Waals surface area contributed by atoms with Crippen LogP contribution in [0.4, 0.5) is 24.5 Å². The summed E-state index contributed by atoms with van der Waals surface area (Å²) in [5, 5.41) is 13.7. The first-order valence-corrected chi connectivity index (χ1v) is 38.1. The Bertz CT molecular complexity index is 3450. The van der Waals surface area contributed by atoms with Crippen molar-refractivity contribution >= 4 is 93.5 Å². The van der Waals surface area contributed by atoms with Crippen molar-refractivity contribution in [1.29, 1.82) is 0 Å². The number of allylic oxidation sites excluding steroid dienone is 5. The van der Waals surface area contributed by atoms with Crippen LogP contribution in [-0.4, -0.2) is 172 Å². The van der Waals surface area contributed by atoms with Crippen LogP contribution in [0, 0.1) is 12.3 Å². The standard InChI is InChI=1S/C72H92ClF3N8O8S2.C2H6.H3NS/c1-53(17-28-68(87)78-51-85)84(52-86)70(89)63-14-11-15-65(54(63)2)77-34-10-5-3-4-9-16-69(88)83-36-32-71(33-37-83)31-29-64(57-21-23-59(73)24-22-57)58(48-71)49-81-38-40-82(41-39-81)61-25-18-55(19-26-61)46-56-20-27-66(67(47-56)94(90,91)72(74,75)76)79-60(30-35-80-42-44-92-45-43-80)50-93-62-12-7-6-8-13-62;2*1-2/h6-8,11-15,18,20-25,27,47,51-53,60,77,79H,3-5,9-10,16-17,19,26,28-46,48-50H2,1-2H3,(H,78,85,87);1-2H3;2H,1H2. The van der Waals surface area contributed by atoms with E-state index < -0.39 is 38.1 Å². The number of morpholine rings is 1. The van der Waals surface area contributed by atoms with Crippen LogP contribution in [0.3, 0.4) is 0 Å². The van der Waals surface area contributed by atoms with E-state index in [-0.39, 0.29) is 35.9 Å². The molecule has 5 N–H and O–H groups in total. The molecule has 536 valence electrons. The molecule has 2 atom stereocenters. The molecule has 98 heavy (non-hydrogen) atoms. The van der Waals surface area contributed by atoms with Gasteiger partial charge in [-0.05, 0) is 173 Å². The van der Waals surface area contributed by atoms with E-state index >= 15 is 0 Å². The van der Waals surface area contributed by atoms with Crippen molar-refractivity contribution in [2.45, 2.75) is 164 Å². The number of imide groups is 2. The molecule has 4 aromatic rings. The Morgan fingerprint density at radius 2 is 1.50 bits per heavy atom. The lowest BCUT2D eigenvalue weighted by molar-refractivity contribution is -0.134. The van der Waals surface area contributed by atoms with E-state index in [1.165, 1.54) is 34.5 Å². The van der Waals surface area contributed by atoms with E-state index in [0.717, 1.165) is 156 Å². The number of thioether (sulfide) groups is 1. The summed E-state index contributed by atoms with van der Waals surface area (Å²) in [6, 6.07) is 27.0.